The van der Waals surface area contributed by atoms with Crippen LogP contribution in [0.3, 0.4) is 0 Å². The lowest BCUT2D eigenvalue weighted by molar-refractivity contribution is 0.794. The van der Waals surface area contributed by atoms with Gasteiger partial charge in [0, 0.05) is 33.6 Å². The Bertz CT molecular complexity index is 3560. The second kappa shape index (κ2) is 16.2. The highest BCUT2D eigenvalue weighted by atomic mass is 15.1. The van der Waals surface area contributed by atoms with Crippen molar-refractivity contribution in [1.82, 2.24) is 15.0 Å². The Morgan fingerprint density at radius 1 is 0.250 bits per heavy atom. The monoisotopic (exact) mass is 866 g/mol. The van der Waals surface area contributed by atoms with E-state index in [9.17, 15) is 0 Å². The molecule has 0 N–H and O–H groups in total. The van der Waals surface area contributed by atoms with Gasteiger partial charge in [0.05, 0.1) is 11.1 Å². The summed E-state index contributed by atoms with van der Waals surface area (Å²) in [5.74, 6) is 1.90. The Morgan fingerprint density at radius 3 is 1.18 bits per heavy atom. The van der Waals surface area contributed by atoms with Crippen molar-refractivity contribution in [3.05, 3.63) is 277 Å². The molecule has 4 heteroatoms. The van der Waals surface area contributed by atoms with Gasteiger partial charge in [0.1, 0.15) is 0 Å². The highest BCUT2D eigenvalue weighted by molar-refractivity contribution is 6.01. The third kappa shape index (κ3) is 6.26. The number of hydrogen-bond donors (Lipinski definition) is 0. The third-order valence-electron chi connectivity index (χ3n) is 13.8. The quantitative estimate of drug-likeness (QED) is 0.153. The molecule has 0 fully saturated rings. The molecule has 2 aliphatic rings. The summed E-state index contributed by atoms with van der Waals surface area (Å²) in [4.78, 5) is 17.6. The van der Waals surface area contributed by atoms with Crippen molar-refractivity contribution in [2.75, 3.05) is 4.90 Å². The van der Waals surface area contributed by atoms with Gasteiger partial charge in [-0.2, -0.15) is 0 Å². The smallest absolute Gasteiger partial charge is 0.164 e. The van der Waals surface area contributed by atoms with Crippen LogP contribution in [0.4, 0.5) is 17.1 Å². The number of benzene rings is 10. The summed E-state index contributed by atoms with van der Waals surface area (Å²) < 4.78 is 0. The minimum atomic E-state index is -0.457. The zero-order chi connectivity index (χ0) is 45.0. The summed E-state index contributed by atoms with van der Waals surface area (Å²) in [5.41, 5.74) is 20.4. The number of aromatic nitrogens is 3. The van der Waals surface area contributed by atoms with E-state index >= 15 is 0 Å². The number of fused-ring (bicyclic) bond motifs is 10. The Kier molecular flexibility index (Phi) is 9.36. The fraction of sp³-hybridized carbons (Fsp3) is 0.0156. The maximum absolute atomic E-state index is 5.12. The zero-order valence-corrected chi connectivity index (χ0v) is 37.0. The van der Waals surface area contributed by atoms with Gasteiger partial charge in [-0.1, -0.05) is 224 Å². The molecular weight excluding hydrogens is 825 g/mol. The van der Waals surface area contributed by atoms with Crippen LogP contribution in [0.5, 0.6) is 0 Å². The molecule has 0 atom stereocenters. The van der Waals surface area contributed by atoms with Gasteiger partial charge >= 0.3 is 0 Å². The molecule has 68 heavy (non-hydrogen) atoms. The molecule has 318 valence electrons. The first-order valence-corrected chi connectivity index (χ1v) is 23.2. The molecule has 4 nitrogen and oxygen atoms in total. The molecule has 1 aromatic heterocycles. The largest absolute Gasteiger partial charge is 0.310 e. The van der Waals surface area contributed by atoms with E-state index < -0.39 is 5.41 Å². The average Bonchev–Trinajstić information content (AvgIpc) is 3.90. The van der Waals surface area contributed by atoms with E-state index in [4.69, 9.17) is 15.0 Å². The van der Waals surface area contributed by atoms with Crippen LogP contribution in [0.2, 0.25) is 0 Å². The summed E-state index contributed by atoms with van der Waals surface area (Å²) in [6.45, 7) is 0. The van der Waals surface area contributed by atoms with E-state index in [-0.39, 0.29) is 0 Å². The molecule has 10 aromatic carbocycles. The standard InChI is InChI=1S/C64H42N4/c1-4-19-43(20-5-1)44-35-39-48(40-36-44)68(59-34-18-33-58-60(59)54-29-14-17-32-57(54)64(58)55-30-15-12-26-51(55)52-27-13-16-31-56(52)64)49-41-37-45(38-42-49)50-25-10-11-28-53(50)63-66-61(46-21-6-2-7-22-46)65-62(67-63)47-23-8-3-9-24-47/h1-42H. The Balaban J connectivity index is 0.978. The van der Waals surface area contributed by atoms with Gasteiger partial charge < -0.3 is 4.90 Å². The summed E-state index contributed by atoms with van der Waals surface area (Å²) in [6.07, 6.45) is 0. The van der Waals surface area contributed by atoms with Gasteiger partial charge in [0.25, 0.3) is 0 Å². The lowest BCUT2D eigenvalue weighted by Gasteiger charge is -2.32. The first-order valence-electron chi connectivity index (χ1n) is 23.2. The third-order valence-corrected chi connectivity index (χ3v) is 13.8. The van der Waals surface area contributed by atoms with Gasteiger partial charge in [0.2, 0.25) is 0 Å². The van der Waals surface area contributed by atoms with E-state index in [1.807, 2.05) is 60.7 Å². The van der Waals surface area contributed by atoms with Crippen molar-refractivity contribution in [3.8, 4) is 78.7 Å². The summed E-state index contributed by atoms with van der Waals surface area (Å²) >= 11 is 0. The van der Waals surface area contributed by atoms with Crippen LogP contribution in [0.15, 0.2) is 255 Å². The SMILES string of the molecule is c1ccc(-c2ccc(N(c3ccc(-c4ccccc4-c4nc(-c5ccccc5)nc(-c5ccccc5)n4)cc3)c3cccc4c3-c3ccccc3C43c4ccccc4-c4ccccc43)cc2)cc1. The van der Waals surface area contributed by atoms with Gasteiger partial charge in [-0.3, -0.25) is 0 Å². The Labute approximate surface area is 396 Å². The Hall–Kier alpha value is -8.99. The Morgan fingerprint density at radius 2 is 0.632 bits per heavy atom. The molecule has 0 unspecified atom stereocenters. The van der Waals surface area contributed by atoms with Gasteiger partial charge in [-0.25, -0.2) is 15.0 Å². The van der Waals surface area contributed by atoms with Gasteiger partial charge in [-0.15, -0.1) is 0 Å². The first-order chi connectivity index (χ1) is 33.7. The van der Waals surface area contributed by atoms with Crippen molar-refractivity contribution >= 4 is 17.1 Å². The van der Waals surface area contributed by atoms with E-state index in [0.29, 0.717) is 17.5 Å². The highest BCUT2D eigenvalue weighted by Gasteiger charge is 2.52. The van der Waals surface area contributed by atoms with Crippen LogP contribution in [-0.2, 0) is 5.41 Å². The molecule has 2 aliphatic carbocycles. The zero-order valence-electron chi connectivity index (χ0n) is 37.0. The second-order valence-electron chi connectivity index (χ2n) is 17.5. The molecule has 13 rings (SSSR count). The van der Waals surface area contributed by atoms with Crippen LogP contribution in [-0.4, -0.2) is 15.0 Å². The molecule has 0 saturated heterocycles. The fourth-order valence-corrected chi connectivity index (χ4v) is 10.8. The van der Waals surface area contributed by atoms with E-state index in [1.165, 1.54) is 55.6 Å². The molecule has 0 radical (unpaired) electrons. The maximum Gasteiger partial charge on any atom is 0.164 e. The molecule has 0 bridgehead atoms. The normalized spacial score (nSPS) is 12.5. The van der Waals surface area contributed by atoms with E-state index in [1.54, 1.807) is 0 Å². The number of anilines is 3. The van der Waals surface area contributed by atoms with Crippen molar-refractivity contribution in [2.24, 2.45) is 0 Å². The topological polar surface area (TPSA) is 41.9 Å². The summed E-state index contributed by atoms with van der Waals surface area (Å²) in [7, 11) is 0. The van der Waals surface area contributed by atoms with Crippen LogP contribution in [0, 0.1) is 0 Å². The van der Waals surface area contributed by atoms with Gasteiger partial charge in [-0.05, 0) is 91.5 Å². The van der Waals surface area contributed by atoms with Gasteiger partial charge in [0.15, 0.2) is 17.5 Å². The molecule has 0 aliphatic heterocycles. The number of hydrogen-bond acceptors (Lipinski definition) is 4. The van der Waals surface area contributed by atoms with Crippen LogP contribution >= 0.6 is 0 Å². The van der Waals surface area contributed by atoms with Crippen molar-refractivity contribution in [2.45, 2.75) is 5.41 Å². The van der Waals surface area contributed by atoms with E-state index in [2.05, 4.69) is 199 Å². The number of rotatable bonds is 8. The lowest BCUT2D eigenvalue weighted by Crippen LogP contribution is -2.26. The average molecular weight is 867 g/mol. The minimum Gasteiger partial charge on any atom is -0.310 e. The van der Waals surface area contributed by atoms with E-state index in [0.717, 1.165) is 44.9 Å². The lowest BCUT2D eigenvalue weighted by atomic mass is 9.70. The second-order valence-corrected chi connectivity index (χ2v) is 17.5. The highest BCUT2D eigenvalue weighted by Crippen LogP contribution is 2.64. The molecule has 1 spiro atoms. The maximum atomic E-state index is 5.12. The fourth-order valence-electron chi connectivity index (χ4n) is 10.8. The molecule has 0 saturated carbocycles. The predicted octanol–water partition coefficient (Wildman–Crippen LogP) is 16.0. The molecule has 1 heterocycles. The van der Waals surface area contributed by atoms with Crippen molar-refractivity contribution in [1.29, 1.82) is 0 Å². The van der Waals surface area contributed by atoms with Crippen LogP contribution in [0.1, 0.15) is 22.3 Å². The summed E-state index contributed by atoms with van der Waals surface area (Å²) in [6, 6.07) is 91.3. The van der Waals surface area contributed by atoms with Crippen LogP contribution in [0.25, 0.3) is 78.7 Å². The van der Waals surface area contributed by atoms with Crippen LogP contribution < -0.4 is 4.90 Å². The first kappa shape index (κ1) is 39.4. The molecular formula is C64H42N4. The minimum absolute atomic E-state index is 0.457. The predicted molar refractivity (Wildman–Crippen MR) is 278 cm³/mol. The molecule has 0 amide bonds. The molecule has 11 aromatic rings. The number of nitrogens with zero attached hydrogens (tertiary/aromatic N) is 4. The van der Waals surface area contributed by atoms with Crippen molar-refractivity contribution in [3.63, 3.8) is 0 Å². The summed E-state index contributed by atoms with van der Waals surface area (Å²) in [5, 5.41) is 0. The van der Waals surface area contributed by atoms with Crippen molar-refractivity contribution < 1.29 is 0 Å².